The number of rotatable bonds is 7. The van der Waals surface area contributed by atoms with E-state index in [-0.39, 0.29) is 29.8 Å². The summed E-state index contributed by atoms with van der Waals surface area (Å²) in [5, 5.41) is 12.7. The van der Waals surface area contributed by atoms with Crippen LogP contribution in [-0.4, -0.2) is 59.2 Å². The van der Waals surface area contributed by atoms with E-state index in [1.54, 1.807) is 11.8 Å². The lowest BCUT2D eigenvalue weighted by atomic mass is 10.2. The number of hydrogen-bond donors (Lipinski definition) is 2. The first-order valence-corrected chi connectivity index (χ1v) is 7.62. The van der Waals surface area contributed by atoms with E-state index in [1.165, 1.54) is 0 Å². The second-order valence-electron chi connectivity index (χ2n) is 4.52. The van der Waals surface area contributed by atoms with E-state index in [0.717, 1.165) is 25.9 Å². The number of carbonyl (C=O) groups is 1. The number of aliphatic hydroxyl groups excluding tert-OH is 1. The third-order valence-corrected chi connectivity index (χ3v) is 4.54. The summed E-state index contributed by atoms with van der Waals surface area (Å²) in [7, 11) is 0. The molecule has 1 heterocycles. The minimum atomic E-state index is -0.0152. The lowest BCUT2D eigenvalue weighted by Crippen LogP contribution is -2.46. The number of likely N-dealkylation sites (tertiary alicyclic amines) is 1. The molecule has 0 radical (unpaired) electrons. The number of thioether (sulfide) groups is 1. The van der Waals surface area contributed by atoms with Crippen molar-refractivity contribution in [3.05, 3.63) is 0 Å². The Kier molecular flexibility index (Phi) is 6.30. The fraction of sp³-hybridized carbons (Fsp3) is 0.917. The summed E-state index contributed by atoms with van der Waals surface area (Å²) >= 11 is 1.62. The zero-order chi connectivity index (χ0) is 12.8. The average molecular weight is 260 g/mol. The van der Waals surface area contributed by atoms with Gasteiger partial charge in [-0.05, 0) is 32.6 Å². The SMILES string of the molecule is CCCNC1CCN(C(C)C(CO)SC)C1=O. The van der Waals surface area contributed by atoms with Gasteiger partial charge in [-0.2, -0.15) is 11.8 Å². The summed E-state index contributed by atoms with van der Waals surface area (Å²) in [4.78, 5) is 14.1. The van der Waals surface area contributed by atoms with Gasteiger partial charge in [-0.1, -0.05) is 6.92 Å². The smallest absolute Gasteiger partial charge is 0.240 e. The molecular formula is C12H24N2O2S. The van der Waals surface area contributed by atoms with Crippen molar-refractivity contribution < 1.29 is 9.90 Å². The van der Waals surface area contributed by atoms with E-state index in [2.05, 4.69) is 12.2 Å². The Morgan fingerprint density at radius 2 is 2.35 bits per heavy atom. The molecule has 3 unspecified atom stereocenters. The molecule has 0 spiro atoms. The molecule has 0 bridgehead atoms. The highest BCUT2D eigenvalue weighted by atomic mass is 32.2. The van der Waals surface area contributed by atoms with Gasteiger partial charge < -0.3 is 15.3 Å². The summed E-state index contributed by atoms with van der Waals surface area (Å²) in [5.41, 5.74) is 0. The molecule has 1 fully saturated rings. The Morgan fingerprint density at radius 3 is 2.88 bits per heavy atom. The highest BCUT2D eigenvalue weighted by molar-refractivity contribution is 7.99. The fourth-order valence-corrected chi connectivity index (χ4v) is 2.93. The molecule has 17 heavy (non-hydrogen) atoms. The average Bonchev–Trinajstić information content (AvgIpc) is 2.69. The van der Waals surface area contributed by atoms with E-state index in [1.807, 2.05) is 18.1 Å². The van der Waals surface area contributed by atoms with Crippen molar-refractivity contribution >= 4 is 17.7 Å². The molecule has 5 heteroatoms. The van der Waals surface area contributed by atoms with Crippen LogP contribution in [-0.2, 0) is 4.79 Å². The summed E-state index contributed by atoms with van der Waals surface area (Å²) in [6.07, 6.45) is 3.91. The maximum absolute atomic E-state index is 12.2. The Labute approximate surface area is 108 Å². The molecule has 1 aliphatic rings. The van der Waals surface area contributed by atoms with Crippen LogP contribution in [0.5, 0.6) is 0 Å². The van der Waals surface area contributed by atoms with Crippen LogP contribution in [0.25, 0.3) is 0 Å². The van der Waals surface area contributed by atoms with Crippen molar-refractivity contribution in [3.63, 3.8) is 0 Å². The summed E-state index contributed by atoms with van der Waals surface area (Å²) < 4.78 is 0. The molecule has 0 aliphatic carbocycles. The van der Waals surface area contributed by atoms with Gasteiger partial charge in [0.2, 0.25) is 5.91 Å². The number of amides is 1. The summed E-state index contributed by atoms with van der Waals surface area (Å²) in [6, 6.07) is 0.0922. The normalized spacial score (nSPS) is 24.1. The van der Waals surface area contributed by atoms with Gasteiger partial charge in [0.15, 0.2) is 0 Å². The van der Waals surface area contributed by atoms with Crippen molar-refractivity contribution in [1.82, 2.24) is 10.2 Å². The molecule has 4 nitrogen and oxygen atoms in total. The van der Waals surface area contributed by atoms with Gasteiger partial charge in [0.1, 0.15) is 0 Å². The first kappa shape index (κ1) is 14.8. The number of carbonyl (C=O) groups excluding carboxylic acids is 1. The first-order valence-electron chi connectivity index (χ1n) is 6.33. The monoisotopic (exact) mass is 260 g/mol. The maximum Gasteiger partial charge on any atom is 0.240 e. The molecular weight excluding hydrogens is 236 g/mol. The van der Waals surface area contributed by atoms with E-state index in [0.29, 0.717) is 0 Å². The van der Waals surface area contributed by atoms with Crippen molar-refractivity contribution in [3.8, 4) is 0 Å². The molecule has 0 aromatic rings. The first-order chi connectivity index (χ1) is 8.15. The largest absolute Gasteiger partial charge is 0.395 e. The maximum atomic E-state index is 12.2. The highest BCUT2D eigenvalue weighted by Gasteiger charge is 2.36. The third-order valence-electron chi connectivity index (χ3n) is 3.39. The summed E-state index contributed by atoms with van der Waals surface area (Å²) in [5.74, 6) is 0.193. The lowest BCUT2D eigenvalue weighted by molar-refractivity contribution is -0.131. The fourth-order valence-electron chi connectivity index (χ4n) is 2.24. The molecule has 1 aliphatic heterocycles. The molecule has 1 amide bonds. The molecule has 1 saturated heterocycles. The van der Waals surface area contributed by atoms with E-state index in [4.69, 9.17) is 0 Å². The van der Waals surface area contributed by atoms with Crippen LogP contribution in [0.4, 0.5) is 0 Å². The van der Waals surface area contributed by atoms with Crippen molar-refractivity contribution in [1.29, 1.82) is 0 Å². The van der Waals surface area contributed by atoms with Gasteiger partial charge in [0.25, 0.3) is 0 Å². The van der Waals surface area contributed by atoms with E-state index in [9.17, 15) is 9.90 Å². The van der Waals surface area contributed by atoms with Crippen LogP contribution in [0.1, 0.15) is 26.7 Å². The van der Waals surface area contributed by atoms with E-state index < -0.39 is 0 Å². The number of hydrogen-bond acceptors (Lipinski definition) is 4. The second kappa shape index (κ2) is 7.24. The number of nitrogens with zero attached hydrogens (tertiary/aromatic N) is 1. The molecule has 0 aromatic heterocycles. The van der Waals surface area contributed by atoms with Crippen LogP contribution < -0.4 is 5.32 Å². The minimum Gasteiger partial charge on any atom is -0.395 e. The van der Waals surface area contributed by atoms with Gasteiger partial charge >= 0.3 is 0 Å². The number of aliphatic hydroxyl groups is 1. The molecule has 0 aromatic carbocycles. The molecule has 3 atom stereocenters. The zero-order valence-electron chi connectivity index (χ0n) is 11.0. The van der Waals surface area contributed by atoms with Gasteiger partial charge in [0, 0.05) is 17.8 Å². The summed E-state index contributed by atoms with van der Waals surface area (Å²) in [6.45, 7) is 5.95. The Hall–Kier alpha value is -0.260. The Morgan fingerprint density at radius 1 is 1.65 bits per heavy atom. The van der Waals surface area contributed by atoms with Crippen molar-refractivity contribution in [2.24, 2.45) is 0 Å². The zero-order valence-corrected chi connectivity index (χ0v) is 11.8. The quantitative estimate of drug-likeness (QED) is 0.707. The van der Waals surface area contributed by atoms with Crippen LogP contribution in [0.3, 0.4) is 0 Å². The minimum absolute atomic E-state index is 0.0152. The molecule has 1 rings (SSSR count). The molecule has 100 valence electrons. The van der Waals surface area contributed by atoms with Gasteiger partial charge in [-0.3, -0.25) is 4.79 Å². The van der Waals surface area contributed by atoms with Crippen LogP contribution >= 0.6 is 11.8 Å². The van der Waals surface area contributed by atoms with Gasteiger partial charge in [-0.15, -0.1) is 0 Å². The van der Waals surface area contributed by atoms with Gasteiger partial charge in [0.05, 0.1) is 12.6 Å². The molecule has 0 saturated carbocycles. The third kappa shape index (κ3) is 3.60. The number of nitrogens with one attached hydrogen (secondary N) is 1. The van der Waals surface area contributed by atoms with Crippen LogP contribution in [0.2, 0.25) is 0 Å². The molecule has 2 N–H and O–H groups in total. The topological polar surface area (TPSA) is 52.6 Å². The second-order valence-corrected chi connectivity index (χ2v) is 5.60. The van der Waals surface area contributed by atoms with E-state index >= 15 is 0 Å². The van der Waals surface area contributed by atoms with Crippen LogP contribution in [0, 0.1) is 0 Å². The standard InChI is InChI=1S/C12H24N2O2S/c1-4-6-13-10-5-7-14(12(10)16)9(2)11(8-15)17-3/h9-11,13,15H,4-8H2,1-3H3. The van der Waals surface area contributed by atoms with Crippen molar-refractivity contribution in [2.45, 2.75) is 44.0 Å². The Balaban J connectivity index is 2.53. The van der Waals surface area contributed by atoms with Crippen LogP contribution in [0.15, 0.2) is 0 Å². The van der Waals surface area contributed by atoms with Crippen molar-refractivity contribution in [2.75, 3.05) is 26.0 Å². The Bertz CT molecular complexity index is 247. The van der Waals surface area contributed by atoms with Gasteiger partial charge in [-0.25, -0.2) is 0 Å². The predicted octanol–water partition coefficient (Wildman–Crippen LogP) is 0.699. The lowest BCUT2D eigenvalue weighted by Gasteiger charge is -2.30. The highest BCUT2D eigenvalue weighted by Crippen LogP contribution is 2.21. The predicted molar refractivity (Wildman–Crippen MR) is 72.3 cm³/mol.